The number of carbonyl (C=O) groups is 4. The molecule has 0 aromatic heterocycles. The summed E-state index contributed by atoms with van der Waals surface area (Å²) in [6, 6.07) is 0. The first kappa shape index (κ1) is 29.7. The summed E-state index contributed by atoms with van der Waals surface area (Å²) in [6.45, 7) is 4.18. The number of hydrogen-bond acceptors (Lipinski definition) is 7. The average molecular weight is 508 g/mol. The lowest BCUT2D eigenvalue weighted by molar-refractivity contribution is -0.137. The highest BCUT2D eigenvalue weighted by atomic mass is 16.5. The van der Waals surface area contributed by atoms with Crippen LogP contribution in [0.4, 0.5) is 0 Å². The number of imide groups is 1. The van der Waals surface area contributed by atoms with Crippen LogP contribution in [-0.4, -0.2) is 87.8 Å². The molecule has 1 aliphatic carbocycles. The topological polar surface area (TPSA) is 123 Å². The number of allylic oxidation sites excluding steroid dienone is 2. The van der Waals surface area contributed by atoms with E-state index < -0.39 is 0 Å². The van der Waals surface area contributed by atoms with Crippen molar-refractivity contribution < 1.29 is 33.4 Å². The van der Waals surface area contributed by atoms with Gasteiger partial charge in [0.2, 0.25) is 11.8 Å². The number of hydrogen-bond donors (Lipinski definition) is 2. The largest absolute Gasteiger partial charge is 0.379 e. The second kappa shape index (κ2) is 18.7. The van der Waals surface area contributed by atoms with Gasteiger partial charge in [0.15, 0.2) is 0 Å². The van der Waals surface area contributed by atoms with Crippen molar-refractivity contribution in [2.45, 2.75) is 51.4 Å². The van der Waals surface area contributed by atoms with Crippen LogP contribution in [0.5, 0.6) is 0 Å². The van der Waals surface area contributed by atoms with Crippen LogP contribution in [0.15, 0.2) is 24.3 Å². The van der Waals surface area contributed by atoms with Gasteiger partial charge in [-0.05, 0) is 44.9 Å². The van der Waals surface area contributed by atoms with E-state index in [1.807, 2.05) is 0 Å². The molecule has 1 atom stereocenters. The second-order valence-corrected chi connectivity index (χ2v) is 8.77. The molecule has 0 spiro atoms. The highest BCUT2D eigenvalue weighted by Gasteiger charge is 2.23. The van der Waals surface area contributed by atoms with Gasteiger partial charge in [-0.15, -0.1) is 0 Å². The van der Waals surface area contributed by atoms with E-state index >= 15 is 0 Å². The molecule has 0 radical (unpaired) electrons. The predicted octanol–water partition coefficient (Wildman–Crippen LogP) is 1.50. The maximum atomic E-state index is 12.3. The van der Waals surface area contributed by atoms with E-state index in [4.69, 9.17) is 14.2 Å². The maximum Gasteiger partial charge on any atom is 0.253 e. The summed E-state index contributed by atoms with van der Waals surface area (Å²) in [5.41, 5.74) is 0. The zero-order chi connectivity index (χ0) is 25.8. The Kier molecular flexibility index (Phi) is 15.4. The summed E-state index contributed by atoms with van der Waals surface area (Å²) in [5, 5.41) is 5.77. The summed E-state index contributed by atoms with van der Waals surface area (Å²) < 4.78 is 16.5. The summed E-state index contributed by atoms with van der Waals surface area (Å²) in [7, 11) is 0. The lowest BCUT2D eigenvalue weighted by Crippen LogP contribution is -2.35. The molecule has 10 heteroatoms. The van der Waals surface area contributed by atoms with E-state index in [1.54, 1.807) is 0 Å². The molecule has 2 rings (SSSR count). The summed E-state index contributed by atoms with van der Waals surface area (Å²) in [4.78, 5) is 47.9. The standard InChI is InChI=1S/C26H41N3O7/c30-23(12-15-29-24(31)10-11-25(29)32)27-13-6-16-34-18-20-36-21-19-35-17-7-14-28-26(33)22-8-4-2-1-3-5-9-22/h1-2,10-11,22H,3-9,12-21H2,(H,27,30)(H,28,33)/b2-1+. The monoisotopic (exact) mass is 507 g/mol. The van der Waals surface area contributed by atoms with Crippen LogP contribution >= 0.6 is 0 Å². The maximum absolute atomic E-state index is 12.3. The van der Waals surface area contributed by atoms with Crippen molar-refractivity contribution in [3.8, 4) is 0 Å². The Morgan fingerprint density at radius 3 is 2.06 bits per heavy atom. The van der Waals surface area contributed by atoms with Gasteiger partial charge in [-0.25, -0.2) is 0 Å². The van der Waals surface area contributed by atoms with Gasteiger partial charge < -0.3 is 24.8 Å². The quantitative estimate of drug-likeness (QED) is 0.164. The molecular formula is C26H41N3O7. The van der Waals surface area contributed by atoms with Gasteiger partial charge in [0.25, 0.3) is 11.8 Å². The minimum absolute atomic E-state index is 0.0863. The minimum atomic E-state index is -0.381. The Hall–Kier alpha value is -2.56. The van der Waals surface area contributed by atoms with Crippen molar-refractivity contribution in [2.24, 2.45) is 5.92 Å². The smallest absolute Gasteiger partial charge is 0.253 e. The van der Waals surface area contributed by atoms with Gasteiger partial charge in [-0.3, -0.25) is 24.1 Å². The van der Waals surface area contributed by atoms with Crippen LogP contribution in [0.1, 0.15) is 51.4 Å². The zero-order valence-corrected chi connectivity index (χ0v) is 21.2. The third-order valence-electron chi connectivity index (χ3n) is 5.90. The molecule has 1 heterocycles. The van der Waals surface area contributed by atoms with Crippen molar-refractivity contribution in [1.82, 2.24) is 15.5 Å². The number of carbonyl (C=O) groups excluding carboxylic acids is 4. The normalized spacial score (nSPS) is 18.7. The van der Waals surface area contributed by atoms with Gasteiger partial charge in [-0.2, -0.15) is 0 Å². The third kappa shape index (κ3) is 12.9. The Labute approximate surface area is 213 Å². The zero-order valence-electron chi connectivity index (χ0n) is 21.2. The Bertz CT molecular complexity index is 736. The van der Waals surface area contributed by atoms with Crippen molar-refractivity contribution in [1.29, 1.82) is 0 Å². The first-order valence-corrected chi connectivity index (χ1v) is 13.0. The summed E-state index contributed by atoms with van der Waals surface area (Å²) in [5.74, 6) is -0.667. The van der Waals surface area contributed by atoms with Gasteiger partial charge >= 0.3 is 0 Å². The van der Waals surface area contributed by atoms with Crippen molar-refractivity contribution in [3.05, 3.63) is 24.3 Å². The molecule has 0 saturated heterocycles. The fraction of sp³-hybridized carbons (Fsp3) is 0.692. The number of rotatable bonds is 18. The molecule has 0 saturated carbocycles. The van der Waals surface area contributed by atoms with E-state index in [9.17, 15) is 19.2 Å². The van der Waals surface area contributed by atoms with Crippen LogP contribution < -0.4 is 10.6 Å². The third-order valence-corrected chi connectivity index (χ3v) is 5.90. The molecule has 36 heavy (non-hydrogen) atoms. The van der Waals surface area contributed by atoms with Crippen molar-refractivity contribution >= 4 is 23.6 Å². The number of nitrogens with zero attached hydrogens (tertiary/aromatic N) is 1. The van der Waals surface area contributed by atoms with Gasteiger partial charge in [0.05, 0.1) is 26.4 Å². The molecule has 202 valence electrons. The van der Waals surface area contributed by atoms with Crippen LogP contribution in [0.3, 0.4) is 0 Å². The van der Waals surface area contributed by atoms with Crippen LogP contribution in [0.2, 0.25) is 0 Å². The molecule has 1 aliphatic heterocycles. The van der Waals surface area contributed by atoms with Crippen molar-refractivity contribution in [3.63, 3.8) is 0 Å². The van der Waals surface area contributed by atoms with Crippen molar-refractivity contribution in [2.75, 3.05) is 59.3 Å². The highest BCUT2D eigenvalue weighted by molar-refractivity contribution is 6.13. The summed E-state index contributed by atoms with van der Waals surface area (Å²) in [6.07, 6.45) is 13.4. The Balaban J connectivity index is 1.29. The predicted molar refractivity (Wildman–Crippen MR) is 134 cm³/mol. The molecule has 0 aromatic carbocycles. The van der Waals surface area contributed by atoms with Crippen LogP contribution in [0, 0.1) is 5.92 Å². The van der Waals surface area contributed by atoms with E-state index in [1.165, 1.54) is 12.2 Å². The van der Waals surface area contributed by atoms with Gasteiger partial charge in [0.1, 0.15) is 0 Å². The van der Waals surface area contributed by atoms with Crippen LogP contribution in [0.25, 0.3) is 0 Å². The minimum Gasteiger partial charge on any atom is -0.379 e. The molecule has 2 N–H and O–H groups in total. The number of ether oxygens (including phenoxy) is 3. The Morgan fingerprint density at radius 2 is 1.39 bits per heavy atom. The number of amides is 4. The first-order chi connectivity index (χ1) is 17.6. The highest BCUT2D eigenvalue weighted by Crippen LogP contribution is 2.18. The average Bonchev–Trinajstić information content (AvgIpc) is 3.16. The number of nitrogens with one attached hydrogen (secondary N) is 2. The Morgan fingerprint density at radius 1 is 0.806 bits per heavy atom. The molecule has 4 amide bonds. The van der Waals surface area contributed by atoms with Gasteiger partial charge in [-0.1, -0.05) is 12.2 Å². The van der Waals surface area contributed by atoms with E-state index in [-0.39, 0.29) is 42.5 Å². The SMILES string of the molecule is O=C(CCN1C(=O)C=CC1=O)NCCCOCCOCCOCCCNC(=O)C1CC/C=C/CCC1. The van der Waals surface area contributed by atoms with Gasteiger partial charge in [0, 0.05) is 57.3 Å². The molecular weight excluding hydrogens is 466 g/mol. The lowest BCUT2D eigenvalue weighted by atomic mass is 9.93. The molecule has 2 aliphatic rings. The molecule has 0 aromatic rings. The fourth-order valence-corrected chi connectivity index (χ4v) is 3.85. The molecule has 0 bridgehead atoms. The summed E-state index contributed by atoms with van der Waals surface area (Å²) >= 11 is 0. The first-order valence-electron chi connectivity index (χ1n) is 13.0. The van der Waals surface area contributed by atoms with E-state index in [0.717, 1.165) is 43.4 Å². The molecule has 1 unspecified atom stereocenters. The molecule has 0 fully saturated rings. The fourth-order valence-electron chi connectivity index (χ4n) is 3.85. The second-order valence-electron chi connectivity index (χ2n) is 8.77. The van der Waals surface area contributed by atoms with E-state index in [0.29, 0.717) is 59.2 Å². The lowest BCUT2D eigenvalue weighted by Gasteiger charge is -2.17. The van der Waals surface area contributed by atoms with E-state index in [2.05, 4.69) is 22.8 Å². The molecule has 10 nitrogen and oxygen atoms in total. The van der Waals surface area contributed by atoms with Crippen LogP contribution in [-0.2, 0) is 33.4 Å².